The summed E-state index contributed by atoms with van der Waals surface area (Å²) in [6.07, 6.45) is 8.13. The molecular formula is C13H14ClN3O3. The van der Waals surface area contributed by atoms with Crippen LogP contribution in [0.25, 0.3) is 0 Å². The lowest BCUT2D eigenvalue weighted by atomic mass is 9.94. The molecule has 1 unspecified atom stereocenters. The van der Waals surface area contributed by atoms with Gasteiger partial charge < -0.3 is 5.32 Å². The molecule has 0 saturated carbocycles. The summed E-state index contributed by atoms with van der Waals surface area (Å²) < 4.78 is 0. The number of aromatic nitrogens is 1. The average molecular weight is 296 g/mol. The molecule has 1 heterocycles. The van der Waals surface area contributed by atoms with Gasteiger partial charge in [-0.1, -0.05) is 23.8 Å². The molecule has 1 aliphatic rings. The molecule has 1 amide bonds. The van der Waals surface area contributed by atoms with Crippen molar-refractivity contribution in [3.05, 3.63) is 45.2 Å². The van der Waals surface area contributed by atoms with Crippen molar-refractivity contribution in [2.75, 3.05) is 6.54 Å². The lowest BCUT2D eigenvalue weighted by Crippen LogP contribution is -2.30. The molecule has 0 aromatic carbocycles. The zero-order valence-electron chi connectivity index (χ0n) is 10.7. The van der Waals surface area contributed by atoms with Crippen LogP contribution in [0.3, 0.4) is 0 Å². The summed E-state index contributed by atoms with van der Waals surface area (Å²) in [6.45, 7) is 0.500. The maximum Gasteiger partial charge on any atom is 0.300 e. The molecule has 1 aromatic heterocycles. The minimum absolute atomic E-state index is 0.0543. The summed E-state index contributed by atoms with van der Waals surface area (Å²) in [5, 5.41) is 13.7. The summed E-state index contributed by atoms with van der Waals surface area (Å²) in [5.41, 5.74) is -0.392. The third-order valence-electron chi connectivity index (χ3n) is 3.22. The number of nitrogens with zero attached hydrogens (tertiary/aromatic N) is 2. The zero-order valence-corrected chi connectivity index (χ0v) is 11.5. The van der Waals surface area contributed by atoms with E-state index in [2.05, 4.69) is 22.5 Å². The fraction of sp³-hybridized carbons (Fsp3) is 0.385. The van der Waals surface area contributed by atoms with E-state index in [1.54, 1.807) is 0 Å². The number of rotatable bonds is 4. The van der Waals surface area contributed by atoms with Crippen LogP contribution in [0.15, 0.2) is 24.4 Å². The molecule has 106 valence electrons. The monoisotopic (exact) mass is 295 g/mol. The molecular weight excluding hydrogens is 282 g/mol. The van der Waals surface area contributed by atoms with Crippen LogP contribution in [0.5, 0.6) is 0 Å². The van der Waals surface area contributed by atoms with Gasteiger partial charge in [0.2, 0.25) is 0 Å². The summed E-state index contributed by atoms with van der Waals surface area (Å²) in [6, 6.07) is 1.22. The first-order chi connectivity index (χ1) is 9.58. The van der Waals surface area contributed by atoms with Gasteiger partial charge in [0.15, 0.2) is 0 Å². The molecule has 20 heavy (non-hydrogen) atoms. The lowest BCUT2D eigenvalue weighted by molar-refractivity contribution is -0.385. The summed E-state index contributed by atoms with van der Waals surface area (Å²) in [5.74, 6) is -0.115. The molecule has 0 bridgehead atoms. The van der Waals surface area contributed by atoms with E-state index in [1.165, 1.54) is 6.07 Å². The predicted molar refractivity (Wildman–Crippen MR) is 74.7 cm³/mol. The Kier molecular flexibility index (Phi) is 4.68. The van der Waals surface area contributed by atoms with E-state index in [-0.39, 0.29) is 16.4 Å². The summed E-state index contributed by atoms with van der Waals surface area (Å²) in [4.78, 5) is 25.9. The van der Waals surface area contributed by atoms with Crippen molar-refractivity contribution in [1.29, 1.82) is 0 Å². The number of halogens is 1. The summed E-state index contributed by atoms with van der Waals surface area (Å²) >= 11 is 5.69. The Hall–Kier alpha value is -1.95. The van der Waals surface area contributed by atoms with Crippen LogP contribution < -0.4 is 5.32 Å². The smallest absolute Gasteiger partial charge is 0.300 e. The van der Waals surface area contributed by atoms with E-state index >= 15 is 0 Å². The number of pyridine rings is 1. The van der Waals surface area contributed by atoms with Crippen molar-refractivity contribution >= 4 is 23.2 Å². The van der Waals surface area contributed by atoms with Crippen molar-refractivity contribution in [3.63, 3.8) is 0 Å². The van der Waals surface area contributed by atoms with Gasteiger partial charge in [0.05, 0.1) is 4.92 Å². The molecule has 0 spiro atoms. The van der Waals surface area contributed by atoms with Crippen LogP contribution in [0.4, 0.5) is 5.69 Å². The van der Waals surface area contributed by atoms with Gasteiger partial charge in [-0.15, -0.1) is 0 Å². The van der Waals surface area contributed by atoms with Gasteiger partial charge in [-0.05, 0) is 31.2 Å². The minimum atomic E-state index is -0.637. The molecule has 7 heteroatoms. The van der Waals surface area contributed by atoms with Crippen molar-refractivity contribution < 1.29 is 9.72 Å². The number of hydrogen-bond donors (Lipinski definition) is 1. The van der Waals surface area contributed by atoms with Crippen molar-refractivity contribution in [2.24, 2.45) is 5.92 Å². The van der Waals surface area contributed by atoms with Gasteiger partial charge >= 0.3 is 0 Å². The maximum absolute atomic E-state index is 12.0. The second-order valence-electron chi connectivity index (χ2n) is 4.64. The number of amides is 1. The van der Waals surface area contributed by atoms with Gasteiger partial charge in [0, 0.05) is 6.54 Å². The van der Waals surface area contributed by atoms with E-state index in [1.807, 2.05) is 0 Å². The van der Waals surface area contributed by atoms with Gasteiger partial charge in [0.1, 0.15) is 16.9 Å². The largest absolute Gasteiger partial charge is 0.352 e. The van der Waals surface area contributed by atoms with Crippen molar-refractivity contribution in [3.8, 4) is 0 Å². The van der Waals surface area contributed by atoms with Gasteiger partial charge in [0.25, 0.3) is 11.6 Å². The normalized spacial score (nSPS) is 17.8. The highest BCUT2D eigenvalue weighted by Gasteiger charge is 2.22. The second-order valence-corrected chi connectivity index (χ2v) is 5.03. The van der Waals surface area contributed by atoms with Gasteiger partial charge in [-0.2, -0.15) is 0 Å². The maximum atomic E-state index is 12.0. The first-order valence-electron chi connectivity index (χ1n) is 6.31. The Labute approximate surface area is 121 Å². The highest BCUT2D eigenvalue weighted by Crippen LogP contribution is 2.21. The fourth-order valence-electron chi connectivity index (χ4n) is 2.12. The molecule has 1 aromatic rings. The van der Waals surface area contributed by atoms with E-state index in [0.29, 0.717) is 12.5 Å². The number of allylic oxidation sites excluding steroid dienone is 2. The van der Waals surface area contributed by atoms with Crippen LogP contribution in [0.1, 0.15) is 29.6 Å². The number of carbonyl (C=O) groups is 1. The van der Waals surface area contributed by atoms with E-state index in [4.69, 9.17) is 11.6 Å². The molecule has 1 N–H and O–H groups in total. The van der Waals surface area contributed by atoms with E-state index in [9.17, 15) is 14.9 Å². The van der Waals surface area contributed by atoms with Crippen LogP contribution >= 0.6 is 11.6 Å². The standard InChI is InChI=1S/C13H14ClN3O3/c14-12-6-10(11(8-15-12)17(19)20)13(18)16-7-9-4-2-1-3-5-9/h1-2,6,8-9H,3-5,7H2,(H,16,18). The number of carbonyl (C=O) groups excluding carboxylic acids is 1. The molecule has 1 atom stereocenters. The SMILES string of the molecule is O=C(NCC1CC=CCC1)c1cc(Cl)ncc1[N+](=O)[O-]. The number of nitrogens with one attached hydrogen (secondary N) is 1. The van der Waals surface area contributed by atoms with Crippen molar-refractivity contribution in [2.45, 2.75) is 19.3 Å². The zero-order chi connectivity index (χ0) is 14.5. The fourth-order valence-corrected chi connectivity index (χ4v) is 2.28. The van der Waals surface area contributed by atoms with Gasteiger partial charge in [-0.3, -0.25) is 14.9 Å². The highest BCUT2D eigenvalue weighted by molar-refractivity contribution is 6.29. The molecule has 6 nitrogen and oxygen atoms in total. The number of hydrogen-bond acceptors (Lipinski definition) is 4. The lowest BCUT2D eigenvalue weighted by Gasteiger charge is -2.18. The molecule has 2 rings (SSSR count). The second kappa shape index (κ2) is 6.47. The molecule has 0 radical (unpaired) electrons. The Morgan fingerprint density at radius 3 is 3.00 bits per heavy atom. The number of nitro groups is 1. The van der Waals surface area contributed by atoms with Crippen LogP contribution in [0, 0.1) is 16.0 Å². The Morgan fingerprint density at radius 2 is 2.35 bits per heavy atom. The van der Waals surface area contributed by atoms with Crippen molar-refractivity contribution in [1.82, 2.24) is 10.3 Å². The van der Waals surface area contributed by atoms with Gasteiger partial charge in [-0.25, -0.2) is 4.98 Å². The Morgan fingerprint density at radius 1 is 1.55 bits per heavy atom. The third-order valence-corrected chi connectivity index (χ3v) is 3.43. The van der Waals surface area contributed by atoms with Crippen LogP contribution in [-0.2, 0) is 0 Å². The van der Waals surface area contributed by atoms with Crippen LogP contribution in [0.2, 0.25) is 5.15 Å². The first kappa shape index (κ1) is 14.5. The first-order valence-corrected chi connectivity index (χ1v) is 6.69. The molecule has 0 saturated heterocycles. The third kappa shape index (κ3) is 3.54. The quantitative estimate of drug-likeness (QED) is 0.400. The summed E-state index contributed by atoms with van der Waals surface area (Å²) in [7, 11) is 0. The topological polar surface area (TPSA) is 85.1 Å². The Balaban J connectivity index is 2.06. The molecule has 0 aliphatic heterocycles. The van der Waals surface area contributed by atoms with Crippen LogP contribution in [-0.4, -0.2) is 22.4 Å². The highest BCUT2D eigenvalue weighted by atomic mass is 35.5. The molecule has 0 fully saturated rings. The minimum Gasteiger partial charge on any atom is -0.352 e. The van der Waals surface area contributed by atoms with E-state index in [0.717, 1.165) is 25.5 Å². The predicted octanol–water partition coefficient (Wildman–Crippen LogP) is 2.73. The van der Waals surface area contributed by atoms with E-state index < -0.39 is 10.8 Å². The Bertz CT molecular complexity index is 560. The average Bonchev–Trinajstić information content (AvgIpc) is 2.45. The molecule has 1 aliphatic carbocycles.